The number of hydrogen-bond acceptors (Lipinski definition) is 5. The first-order valence-electron chi connectivity index (χ1n) is 5.92. The van der Waals surface area contributed by atoms with Gasteiger partial charge in [0.15, 0.2) is 17.0 Å². The predicted molar refractivity (Wildman–Crippen MR) is 69.5 cm³/mol. The van der Waals surface area contributed by atoms with Crippen LogP contribution >= 0.6 is 0 Å². The Bertz CT molecular complexity index is 633. The third-order valence-electron chi connectivity index (χ3n) is 3.49. The minimum atomic E-state index is -1.82. The molecule has 0 saturated heterocycles. The summed E-state index contributed by atoms with van der Waals surface area (Å²) < 4.78 is 4.58. The maximum Gasteiger partial charge on any atom is 0.337 e. The largest absolute Gasteiger partial charge is 0.465 e. The highest BCUT2D eigenvalue weighted by atomic mass is 16.5. The van der Waals surface area contributed by atoms with Crippen molar-refractivity contribution in [2.24, 2.45) is 0 Å². The number of esters is 1. The highest BCUT2D eigenvalue weighted by Gasteiger charge is 2.54. The molecule has 0 unspecified atom stereocenters. The van der Waals surface area contributed by atoms with Gasteiger partial charge in [-0.15, -0.1) is 0 Å². The molecule has 0 saturated carbocycles. The molecule has 1 aliphatic heterocycles. The molecule has 0 spiro atoms. The zero-order valence-corrected chi connectivity index (χ0v) is 11.3. The fourth-order valence-corrected chi connectivity index (χ4v) is 2.50. The molecule has 0 atom stereocenters. The third-order valence-corrected chi connectivity index (χ3v) is 3.49. The average Bonchev–Trinajstić information content (AvgIpc) is 2.69. The lowest BCUT2D eigenvalue weighted by Gasteiger charge is -2.20. The van der Waals surface area contributed by atoms with E-state index in [1.807, 2.05) is 0 Å². The highest BCUT2D eigenvalue weighted by molar-refractivity contribution is 6.34. The van der Waals surface area contributed by atoms with E-state index in [9.17, 15) is 19.2 Å². The first-order valence-corrected chi connectivity index (χ1v) is 5.92. The van der Waals surface area contributed by atoms with E-state index in [1.165, 1.54) is 39.2 Å². The van der Waals surface area contributed by atoms with Crippen molar-refractivity contribution >= 4 is 29.1 Å². The van der Waals surface area contributed by atoms with Crippen molar-refractivity contribution in [3.05, 3.63) is 29.3 Å². The third kappa shape index (κ3) is 1.65. The number of fused-ring (bicyclic) bond motifs is 1. The molecule has 0 aliphatic carbocycles. The van der Waals surface area contributed by atoms with E-state index in [-0.39, 0.29) is 16.8 Å². The molecule has 0 fully saturated rings. The molecular formula is C14H13NO5. The van der Waals surface area contributed by atoms with Crippen LogP contribution in [-0.4, -0.2) is 30.6 Å². The van der Waals surface area contributed by atoms with E-state index in [0.29, 0.717) is 0 Å². The van der Waals surface area contributed by atoms with Crippen LogP contribution in [0.3, 0.4) is 0 Å². The maximum atomic E-state index is 12.1. The Labute approximate surface area is 115 Å². The fourth-order valence-electron chi connectivity index (χ4n) is 2.50. The van der Waals surface area contributed by atoms with Crippen LogP contribution in [-0.2, 0) is 24.5 Å². The van der Waals surface area contributed by atoms with Gasteiger partial charge in [-0.2, -0.15) is 0 Å². The Hall–Kier alpha value is -2.50. The van der Waals surface area contributed by atoms with E-state index in [1.54, 1.807) is 0 Å². The molecular weight excluding hydrogens is 262 g/mol. The number of hydrogen-bond donors (Lipinski definition) is 1. The first kappa shape index (κ1) is 13.9. The van der Waals surface area contributed by atoms with Gasteiger partial charge < -0.3 is 10.1 Å². The number of carbonyl (C=O) groups excluding carboxylic acids is 4. The summed E-state index contributed by atoms with van der Waals surface area (Å²) >= 11 is 0. The highest BCUT2D eigenvalue weighted by Crippen LogP contribution is 2.40. The number of amides is 1. The molecule has 104 valence electrons. The van der Waals surface area contributed by atoms with Crippen LogP contribution in [0, 0.1) is 0 Å². The number of rotatable bonds is 3. The summed E-state index contributed by atoms with van der Waals surface area (Å²) in [5.74, 6) is -2.35. The Kier molecular flexibility index (Phi) is 3.17. The quantitative estimate of drug-likeness (QED) is 0.652. The molecule has 1 amide bonds. The monoisotopic (exact) mass is 275 g/mol. The zero-order valence-electron chi connectivity index (χ0n) is 11.3. The minimum Gasteiger partial charge on any atom is -0.465 e. The molecule has 6 nitrogen and oxygen atoms in total. The van der Waals surface area contributed by atoms with Crippen molar-refractivity contribution in [3.8, 4) is 0 Å². The number of nitrogens with one attached hydrogen (secondary N) is 1. The Balaban J connectivity index is 2.66. The van der Waals surface area contributed by atoms with Crippen molar-refractivity contribution in [3.63, 3.8) is 0 Å². The van der Waals surface area contributed by atoms with Crippen LogP contribution in [0.5, 0.6) is 0 Å². The van der Waals surface area contributed by atoms with Gasteiger partial charge in [-0.1, -0.05) is 6.07 Å². The van der Waals surface area contributed by atoms with Crippen molar-refractivity contribution in [1.82, 2.24) is 0 Å². The number of carbonyl (C=O) groups is 4. The van der Waals surface area contributed by atoms with Gasteiger partial charge in [0.25, 0.3) is 0 Å². The van der Waals surface area contributed by atoms with E-state index in [4.69, 9.17) is 0 Å². The van der Waals surface area contributed by atoms with Crippen LogP contribution in [0.25, 0.3) is 0 Å². The molecule has 20 heavy (non-hydrogen) atoms. The lowest BCUT2D eigenvalue weighted by atomic mass is 9.75. The van der Waals surface area contributed by atoms with E-state index in [2.05, 4.69) is 10.1 Å². The summed E-state index contributed by atoms with van der Waals surface area (Å²) in [6.07, 6.45) is 0. The SMILES string of the molecule is COC(=O)c1ccc2c(c1)NC(=O)C2(C(C)=O)C(C)=O. The number of methoxy groups -OCH3 is 1. The Morgan fingerprint density at radius 1 is 1.15 bits per heavy atom. The van der Waals surface area contributed by atoms with Crippen LogP contribution < -0.4 is 5.32 Å². The first-order chi connectivity index (χ1) is 9.35. The molecule has 1 aromatic rings. The van der Waals surface area contributed by atoms with Gasteiger partial charge in [0.1, 0.15) is 0 Å². The Morgan fingerprint density at radius 2 is 1.75 bits per heavy atom. The number of anilines is 1. The van der Waals surface area contributed by atoms with Crippen molar-refractivity contribution in [1.29, 1.82) is 0 Å². The van der Waals surface area contributed by atoms with Gasteiger partial charge in [-0.3, -0.25) is 14.4 Å². The molecule has 2 rings (SSSR count). The van der Waals surface area contributed by atoms with Gasteiger partial charge in [-0.05, 0) is 26.0 Å². The zero-order chi connectivity index (χ0) is 15.1. The lowest BCUT2D eigenvalue weighted by molar-refractivity contribution is -0.139. The molecule has 0 radical (unpaired) electrons. The molecule has 1 N–H and O–H groups in total. The second-order valence-electron chi connectivity index (χ2n) is 4.57. The second kappa shape index (κ2) is 4.56. The smallest absolute Gasteiger partial charge is 0.337 e. The van der Waals surface area contributed by atoms with Crippen molar-refractivity contribution < 1.29 is 23.9 Å². The lowest BCUT2D eigenvalue weighted by Crippen LogP contribution is -2.47. The second-order valence-corrected chi connectivity index (χ2v) is 4.57. The molecule has 6 heteroatoms. The summed E-state index contributed by atoms with van der Waals surface area (Å²) in [6.45, 7) is 2.40. The van der Waals surface area contributed by atoms with Crippen LogP contribution in [0.1, 0.15) is 29.8 Å². The summed E-state index contributed by atoms with van der Waals surface area (Å²) in [7, 11) is 1.24. The van der Waals surface area contributed by atoms with Gasteiger partial charge in [-0.25, -0.2) is 4.79 Å². The van der Waals surface area contributed by atoms with Crippen LogP contribution in [0.2, 0.25) is 0 Å². The topological polar surface area (TPSA) is 89.5 Å². The number of Topliss-reactive ketones (excluding diaryl/α,β-unsaturated/α-hetero) is 2. The van der Waals surface area contributed by atoms with Gasteiger partial charge in [0.2, 0.25) is 5.91 Å². The number of ether oxygens (including phenoxy) is 1. The summed E-state index contributed by atoms with van der Waals surface area (Å²) in [5, 5.41) is 2.48. The van der Waals surface area contributed by atoms with E-state index < -0.39 is 28.9 Å². The Morgan fingerprint density at radius 3 is 2.25 bits per heavy atom. The predicted octanol–water partition coefficient (Wildman–Crippen LogP) is 0.841. The summed E-state index contributed by atoms with van der Waals surface area (Å²) in [4.78, 5) is 47.3. The standard InChI is InChI=1S/C14H13NO5/c1-7(16)14(8(2)17)10-5-4-9(12(18)20-3)6-11(10)15-13(14)19/h4-6H,1-3H3,(H,15,19). The minimum absolute atomic E-state index is 0.231. The molecule has 0 aromatic heterocycles. The van der Waals surface area contributed by atoms with Crippen molar-refractivity contribution in [2.45, 2.75) is 19.3 Å². The fraction of sp³-hybridized carbons (Fsp3) is 0.286. The van der Waals surface area contributed by atoms with E-state index >= 15 is 0 Å². The maximum absolute atomic E-state index is 12.1. The molecule has 1 aliphatic rings. The molecule has 0 bridgehead atoms. The van der Waals surface area contributed by atoms with E-state index in [0.717, 1.165) is 0 Å². The molecule has 1 aromatic carbocycles. The van der Waals surface area contributed by atoms with Crippen LogP contribution in [0.15, 0.2) is 18.2 Å². The molecule has 1 heterocycles. The van der Waals surface area contributed by atoms with Crippen LogP contribution in [0.4, 0.5) is 5.69 Å². The number of ketones is 2. The van der Waals surface area contributed by atoms with Crippen molar-refractivity contribution in [2.75, 3.05) is 12.4 Å². The van der Waals surface area contributed by atoms with Gasteiger partial charge in [0, 0.05) is 11.3 Å². The normalized spacial score (nSPS) is 15.2. The summed E-state index contributed by atoms with van der Waals surface area (Å²) in [5.41, 5.74) is -1.03. The van der Waals surface area contributed by atoms with Gasteiger partial charge >= 0.3 is 5.97 Å². The number of benzene rings is 1. The summed E-state index contributed by atoms with van der Waals surface area (Å²) in [6, 6.07) is 4.25. The average molecular weight is 275 g/mol. The van der Waals surface area contributed by atoms with Gasteiger partial charge in [0.05, 0.1) is 12.7 Å².